The average Bonchev–Trinajstić information content (AvgIpc) is 2.78. The molecule has 0 aliphatic rings. The Balaban J connectivity index is -0.000000000984. The molecular formula is C43H150. The van der Waals surface area contributed by atoms with Crippen molar-refractivity contribution in [2.45, 2.75) is 308 Å². The number of hydrogen-bond acceptors (Lipinski definition) is 0. The monoisotopic (exact) mass is 667 g/mol. The molecule has 322 valence electrons. The van der Waals surface area contributed by atoms with E-state index in [0.29, 0.717) is 0 Å². The van der Waals surface area contributed by atoms with Gasteiger partial charge < -0.3 is 0 Å². The van der Waals surface area contributed by atoms with Crippen LogP contribution >= 0.6 is 0 Å². The fraction of sp³-hybridized carbons (Fsp3) is 1.00. The molecule has 0 nitrogen and oxygen atoms in total. The van der Waals surface area contributed by atoms with Gasteiger partial charge in [-0.1, -0.05) is 308 Å². The van der Waals surface area contributed by atoms with Gasteiger partial charge in [-0.05, 0) is 0 Å². The zero-order valence-electron chi connectivity index (χ0n) is 22.0. The molecule has 0 radical (unpaired) electrons. The largest absolute Gasteiger partial charge is 0.0776 e. The first-order valence-electron chi connectivity index (χ1n) is 11.0. The molecule has 0 heteroatoms. The first-order valence-corrected chi connectivity index (χ1v) is 11.0. The molecular weight excluding hydrogens is 516 g/mol. The van der Waals surface area contributed by atoms with E-state index < -0.39 is 0 Å². The molecule has 0 amide bonds. The molecule has 0 aliphatic heterocycles. The molecule has 0 aromatic carbocycles. The summed E-state index contributed by atoms with van der Waals surface area (Å²) in [5.41, 5.74) is 0. The van der Waals surface area contributed by atoms with Gasteiger partial charge in [-0.2, -0.15) is 0 Å². The zero-order valence-corrected chi connectivity index (χ0v) is 22.0. The second-order valence-electron chi connectivity index (χ2n) is 0. The summed E-state index contributed by atoms with van der Waals surface area (Å²) in [4.78, 5) is 0. The molecule has 0 unspecified atom stereocenters. The molecule has 0 atom stereocenters. The van der Waals surface area contributed by atoms with Crippen LogP contribution in [0.15, 0.2) is 0 Å². The van der Waals surface area contributed by atoms with Crippen LogP contribution in [0.25, 0.3) is 0 Å². The van der Waals surface area contributed by atoms with E-state index in [0.717, 1.165) is 0 Å². The van der Waals surface area contributed by atoms with E-state index in [1.807, 2.05) is 152 Å². The minimum absolute atomic E-state index is 0. The van der Waals surface area contributed by atoms with E-state index in [-0.39, 0.29) is 156 Å². The Bertz CT molecular complexity index is 0. The summed E-state index contributed by atoms with van der Waals surface area (Å²) in [5.74, 6) is 0. The summed E-state index contributed by atoms with van der Waals surface area (Å²) in [6, 6.07) is 0. The fourth-order valence-corrected chi connectivity index (χ4v) is 0. The van der Waals surface area contributed by atoms with Crippen molar-refractivity contribution in [2.24, 2.45) is 0 Å². The molecule has 0 aromatic heterocycles. The summed E-state index contributed by atoms with van der Waals surface area (Å²) in [5, 5.41) is 0. The highest BCUT2D eigenvalue weighted by Gasteiger charge is 0.952. The SMILES string of the molecule is C.C.C.C.C.C.C.C.C.C.C.C.C.C.C.C.C.C.C.C.C.CC.CC.CC.CC.CC.CC.CC.CC.CC.CC.CC. The predicted molar refractivity (Wildman–Crippen MR) is 266 cm³/mol. The van der Waals surface area contributed by atoms with Crippen molar-refractivity contribution in [2.75, 3.05) is 0 Å². The van der Waals surface area contributed by atoms with Crippen molar-refractivity contribution in [3.8, 4) is 0 Å². The van der Waals surface area contributed by atoms with E-state index >= 15 is 0 Å². The summed E-state index contributed by atoms with van der Waals surface area (Å²) < 4.78 is 0. The minimum atomic E-state index is 0. The summed E-state index contributed by atoms with van der Waals surface area (Å²) in [6.07, 6.45) is 0. The maximum absolute atomic E-state index is 2.00. The average molecular weight is 668 g/mol. The first-order chi connectivity index (χ1) is 11.0. The van der Waals surface area contributed by atoms with E-state index in [4.69, 9.17) is 0 Å². The molecule has 0 aliphatic carbocycles. The lowest BCUT2D eigenvalue weighted by Gasteiger charge is -1.07. The Kier molecular flexibility index (Phi) is 0. The van der Waals surface area contributed by atoms with Crippen LogP contribution < -0.4 is 0 Å². The quantitative estimate of drug-likeness (QED) is 0.241. The topological polar surface area (TPSA) is 0 Å². The van der Waals surface area contributed by atoms with Crippen LogP contribution in [0.1, 0.15) is 308 Å². The lowest BCUT2D eigenvalue weighted by atomic mass is 11.0. The molecule has 0 bridgehead atoms. The van der Waals surface area contributed by atoms with Gasteiger partial charge in [-0.25, -0.2) is 0 Å². The molecule has 43 heavy (non-hydrogen) atoms. The molecule has 0 fully saturated rings. The van der Waals surface area contributed by atoms with E-state index in [1.54, 1.807) is 0 Å². The third-order valence-electron chi connectivity index (χ3n) is 0. The predicted octanol–water partition coefficient (Wildman–Crippen LogP) is 24.6. The van der Waals surface area contributed by atoms with Gasteiger partial charge in [0.15, 0.2) is 0 Å². The molecule has 0 spiro atoms. The number of hydrogen-bond donors (Lipinski definition) is 0. The van der Waals surface area contributed by atoms with E-state index in [9.17, 15) is 0 Å². The smallest absolute Gasteiger partial charge is 0.0683 e. The maximum atomic E-state index is 2.00. The van der Waals surface area contributed by atoms with Crippen LogP contribution in [0, 0.1) is 0 Å². The number of rotatable bonds is 0. The Labute approximate surface area is 307 Å². The van der Waals surface area contributed by atoms with Crippen molar-refractivity contribution in [3.05, 3.63) is 0 Å². The molecule has 0 saturated carbocycles. The van der Waals surface area contributed by atoms with Crippen LogP contribution in [-0.4, -0.2) is 0 Å². The lowest BCUT2D eigenvalue weighted by molar-refractivity contribution is 1.50. The van der Waals surface area contributed by atoms with Crippen LogP contribution in [0.5, 0.6) is 0 Å². The standard InChI is InChI=1S/11C2H6.21CH4/c11*1-2;;;;;;;;;;;;;;;;;;;;;/h11*1-2H3;21*1H4. The van der Waals surface area contributed by atoms with Crippen molar-refractivity contribution >= 4 is 0 Å². The highest BCUT2D eigenvalue weighted by molar-refractivity contribution is 3.52. The molecule has 0 saturated heterocycles. The Morgan fingerprint density at radius 3 is 0.0698 bits per heavy atom. The Morgan fingerprint density at radius 2 is 0.0698 bits per heavy atom. The minimum Gasteiger partial charge on any atom is -0.0776 e. The molecule has 0 heterocycles. The summed E-state index contributed by atoms with van der Waals surface area (Å²) >= 11 is 0. The van der Waals surface area contributed by atoms with Crippen LogP contribution in [0.4, 0.5) is 0 Å². The lowest BCUT2D eigenvalue weighted by Crippen LogP contribution is -0.856. The second kappa shape index (κ2) is 0. The molecule has 0 rings (SSSR count). The van der Waals surface area contributed by atoms with Crippen LogP contribution in [-0.2, 0) is 0 Å². The Morgan fingerprint density at radius 1 is 0.0698 bits per heavy atom. The van der Waals surface area contributed by atoms with Gasteiger partial charge >= 0.3 is 0 Å². The third kappa shape index (κ3) is 0. The third-order valence-corrected chi connectivity index (χ3v) is 0. The fourth-order valence-electron chi connectivity index (χ4n) is 0. The van der Waals surface area contributed by atoms with Gasteiger partial charge in [-0.15, -0.1) is 0 Å². The summed E-state index contributed by atoms with van der Waals surface area (Å²) in [7, 11) is 0. The van der Waals surface area contributed by atoms with Gasteiger partial charge in [0.2, 0.25) is 0 Å². The van der Waals surface area contributed by atoms with Crippen molar-refractivity contribution in [1.82, 2.24) is 0 Å². The van der Waals surface area contributed by atoms with Crippen molar-refractivity contribution in [1.29, 1.82) is 0 Å². The first kappa shape index (κ1) is 627. The van der Waals surface area contributed by atoms with E-state index in [2.05, 4.69) is 0 Å². The van der Waals surface area contributed by atoms with Crippen molar-refractivity contribution < 1.29 is 0 Å². The normalized spacial score (nSPS) is 1.53. The summed E-state index contributed by atoms with van der Waals surface area (Å²) in [6.45, 7) is 44.0. The van der Waals surface area contributed by atoms with Gasteiger partial charge in [0.1, 0.15) is 0 Å². The van der Waals surface area contributed by atoms with Gasteiger partial charge in [-0.3, -0.25) is 0 Å². The van der Waals surface area contributed by atoms with Crippen LogP contribution in [0.3, 0.4) is 0 Å². The Hall–Kier alpha value is 0. The van der Waals surface area contributed by atoms with E-state index in [1.165, 1.54) is 0 Å². The highest BCUT2D eigenvalue weighted by Crippen LogP contribution is 1.16. The highest BCUT2D eigenvalue weighted by atomic mass is 13.0. The van der Waals surface area contributed by atoms with Crippen LogP contribution in [0.2, 0.25) is 0 Å². The molecule has 0 N–H and O–H groups in total. The van der Waals surface area contributed by atoms with Gasteiger partial charge in [0.05, 0.1) is 0 Å². The zero-order chi connectivity index (χ0) is 22.0. The second-order valence-corrected chi connectivity index (χ2v) is 0. The van der Waals surface area contributed by atoms with Gasteiger partial charge in [0.25, 0.3) is 0 Å². The molecule has 0 aromatic rings. The van der Waals surface area contributed by atoms with Gasteiger partial charge in [0, 0.05) is 0 Å². The van der Waals surface area contributed by atoms with Crippen molar-refractivity contribution in [3.63, 3.8) is 0 Å². The maximum Gasteiger partial charge on any atom is -0.0683 e.